The molecule has 0 amide bonds. The number of halogens is 1. The zero-order chi connectivity index (χ0) is 11.9. The topological polar surface area (TPSA) is 12.0 Å². The predicted molar refractivity (Wildman–Crippen MR) is 70.4 cm³/mol. The first-order chi connectivity index (χ1) is 8.36. The fourth-order valence-corrected chi connectivity index (χ4v) is 1.53. The third kappa shape index (κ3) is 3.45. The predicted octanol–water partition coefficient (Wildman–Crippen LogP) is 3.95. The summed E-state index contributed by atoms with van der Waals surface area (Å²) in [6, 6.07) is 16.7. The van der Waals surface area contributed by atoms with E-state index in [0.29, 0.717) is 12.2 Å². The maximum atomic E-state index is 13.3. The number of benzene rings is 2. The maximum absolute atomic E-state index is 13.3. The van der Waals surface area contributed by atoms with Crippen molar-refractivity contribution in [3.8, 4) is 0 Å². The molecule has 86 valence electrons. The molecule has 2 aromatic carbocycles. The molecule has 0 bridgehead atoms. The molecular formula is C15H14FN. The molecule has 0 fully saturated rings. The van der Waals surface area contributed by atoms with Crippen LogP contribution in [0.4, 0.5) is 10.1 Å². The van der Waals surface area contributed by atoms with E-state index in [1.807, 2.05) is 48.6 Å². The van der Waals surface area contributed by atoms with Gasteiger partial charge < -0.3 is 5.32 Å². The van der Waals surface area contributed by atoms with Crippen LogP contribution in [0.2, 0.25) is 0 Å². The average molecular weight is 227 g/mol. The van der Waals surface area contributed by atoms with Crippen LogP contribution in [0, 0.1) is 5.82 Å². The summed E-state index contributed by atoms with van der Waals surface area (Å²) in [5, 5.41) is 3.02. The summed E-state index contributed by atoms with van der Waals surface area (Å²) in [7, 11) is 0. The van der Waals surface area contributed by atoms with Gasteiger partial charge in [0.15, 0.2) is 0 Å². The fourth-order valence-electron chi connectivity index (χ4n) is 1.53. The summed E-state index contributed by atoms with van der Waals surface area (Å²) in [5.74, 6) is -0.222. The molecule has 0 saturated heterocycles. The Morgan fingerprint density at radius 3 is 2.41 bits per heavy atom. The van der Waals surface area contributed by atoms with E-state index in [9.17, 15) is 4.39 Å². The second-order valence-corrected chi connectivity index (χ2v) is 3.67. The van der Waals surface area contributed by atoms with Crippen molar-refractivity contribution < 1.29 is 4.39 Å². The minimum Gasteiger partial charge on any atom is -0.379 e. The molecule has 0 aliphatic carbocycles. The highest BCUT2D eigenvalue weighted by molar-refractivity contribution is 5.51. The second kappa shape index (κ2) is 5.85. The Labute approximate surface area is 101 Å². The first-order valence-electron chi connectivity index (χ1n) is 5.56. The van der Waals surface area contributed by atoms with Gasteiger partial charge in [-0.15, -0.1) is 0 Å². The lowest BCUT2D eigenvalue weighted by Gasteiger charge is -2.03. The van der Waals surface area contributed by atoms with Crippen LogP contribution in [0.15, 0.2) is 60.7 Å². The van der Waals surface area contributed by atoms with Crippen molar-refractivity contribution in [2.24, 2.45) is 0 Å². The van der Waals surface area contributed by atoms with Crippen LogP contribution in [0.3, 0.4) is 0 Å². The monoisotopic (exact) mass is 227 g/mol. The molecule has 1 N–H and O–H groups in total. The number of hydrogen-bond donors (Lipinski definition) is 1. The SMILES string of the molecule is Fc1ccccc1NC/C=C/c1ccccc1. The molecule has 0 saturated carbocycles. The fraction of sp³-hybridized carbons (Fsp3) is 0.0667. The smallest absolute Gasteiger partial charge is 0.146 e. The largest absolute Gasteiger partial charge is 0.379 e. The van der Waals surface area contributed by atoms with Gasteiger partial charge in [0.2, 0.25) is 0 Å². The van der Waals surface area contributed by atoms with Crippen LogP contribution >= 0.6 is 0 Å². The summed E-state index contributed by atoms with van der Waals surface area (Å²) in [6.45, 7) is 0.607. The molecule has 0 radical (unpaired) electrons. The van der Waals surface area contributed by atoms with E-state index in [2.05, 4.69) is 5.32 Å². The van der Waals surface area contributed by atoms with Gasteiger partial charge in [0.05, 0.1) is 5.69 Å². The quantitative estimate of drug-likeness (QED) is 0.833. The molecule has 1 nitrogen and oxygen atoms in total. The third-order valence-electron chi connectivity index (χ3n) is 2.39. The number of para-hydroxylation sites is 1. The van der Waals surface area contributed by atoms with E-state index in [1.54, 1.807) is 12.1 Å². The average Bonchev–Trinajstić information content (AvgIpc) is 2.38. The van der Waals surface area contributed by atoms with Crippen molar-refractivity contribution in [1.29, 1.82) is 0 Å². The van der Waals surface area contributed by atoms with Crippen molar-refractivity contribution in [2.75, 3.05) is 11.9 Å². The second-order valence-electron chi connectivity index (χ2n) is 3.67. The van der Waals surface area contributed by atoms with Crippen molar-refractivity contribution in [1.82, 2.24) is 0 Å². The zero-order valence-corrected chi connectivity index (χ0v) is 9.44. The summed E-state index contributed by atoms with van der Waals surface area (Å²) in [6.07, 6.45) is 3.98. The van der Waals surface area contributed by atoms with Crippen LogP contribution in [0.5, 0.6) is 0 Å². The highest BCUT2D eigenvalue weighted by Gasteiger charge is 1.96. The van der Waals surface area contributed by atoms with Crippen LogP contribution < -0.4 is 5.32 Å². The lowest BCUT2D eigenvalue weighted by atomic mass is 10.2. The summed E-state index contributed by atoms with van der Waals surface area (Å²) in [5.41, 5.74) is 1.67. The highest BCUT2D eigenvalue weighted by Crippen LogP contribution is 2.11. The molecule has 2 heteroatoms. The van der Waals surface area contributed by atoms with E-state index in [1.165, 1.54) is 6.07 Å². The number of nitrogens with one attached hydrogen (secondary N) is 1. The van der Waals surface area contributed by atoms with Gasteiger partial charge in [-0.1, -0.05) is 54.6 Å². The van der Waals surface area contributed by atoms with Gasteiger partial charge in [-0.25, -0.2) is 4.39 Å². The number of anilines is 1. The Kier molecular flexibility index (Phi) is 3.92. The van der Waals surface area contributed by atoms with Gasteiger partial charge in [0.1, 0.15) is 5.82 Å². The highest BCUT2D eigenvalue weighted by atomic mass is 19.1. The molecule has 2 rings (SSSR count). The van der Waals surface area contributed by atoms with Crippen molar-refractivity contribution in [3.63, 3.8) is 0 Å². The van der Waals surface area contributed by atoms with Crippen LogP contribution in [-0.2, 0) is 0 Å². The van der Waals surface area contributed by atoms with E-state index in [0.717, 1.165) is 5.56 Å². The van der Waals surface area contributed by atoms with E-state index in [-0.39, 0.29) is 5.82 Å². The third-order valence-corrected chi connectivity index (χ3v) is 2.39. The van der Waals surface area contributed by atoms with Crippen LogP contribution in [0.1, 0.15) is 5.56 Å². The Morgan fingerprint density at radius 1 is 0.941 bits per heavy atom. The minimum absolute atomic E-state index is 0.222. The van der Waals surface area contributed by atoms with Gasteiger partial charge in [-0.05, 0) is 17.7 Å². The lowest BCUT2D eigenvalue weighted by molar-refractivity contribution is 0.631. The molecule has 0 atom stereocenters. The molecule has 0 aliphatic heterocycles. The Morgan fingerprint density at radius 2 is 1.65 bits per heavy atom. The van der Waals surface area contributed by atoms with Gasteiger partial charge in [0, 0.05) is 6.54 Å². The van der Waals surface area contributed by atoms with Crippen molar-refractivity contribution in [3.05, 3.63) is 72.1 Å². The molecule has 17 heavy (non-hydrogen) atoms. The van der Waals surface area contributed by atoms with Gasteiger partial charge in [0.25, 0.3) is 0 Å². The van der Waals surface area contributed by atoms with Gasteiger partial charge in [-0.3, -0.25) is 0 Å². The van der Waals surface area contributed by atoms with Gasteiger partial charge >= 0.3 is 0 Å². The van der Waals surface area contributed by atoms with Crippen LogP contribution in [-0.4, -0.2) is 6.54 Å². The first kappa shape index (κ1) is 11.4. The van der Waals surface area contributed by atoms with E-state index < -0.39 is 0 Å². The number of hydrogen-bond acceptors (Lipinski definition) is 1. The minimum atomic E-state index is -0.222. The Bertz CT molecular complexity index is 491. The molecule has 0 spiro atoms. The normalized spacial score (nSPS) is 10.6. The maximum Gasteiger partial charge on any atom is 0.146 e. The molecule has 0 unspecified atom stereocenters. The van der Waals surface area contributed by atoms with Crippen LogP contribution in [0.25, 0.3) is 6.08 Å². The standard InChI is InChI=1S/C15H14FN/c16-14-10-4-5-11-15(14)17-12-6-9-13-7-2-1-3-8-13/h1-11,17H,12H2/b9-6+. The van der Waals surface area contributed by atoms with E-state index in [4.69, 9.17) is 0 Å². The molecule has 0 aromatic heterocycles. The molecular weight excluding hydrogens is 213 g/mol. The summed E-state index contributed by atoms with van der Waals surface area (Å²) < 4.78 is 13.3. The molecule has 0 heterocycles. The van der Waals surface area contributed by atoms with Crippen molar-refractivity contribution in [2.45, 2.75) is 0 Å². The first-order valence-corrected chi connectivity index (χ1v) is 5.56. The lowest BCUT2D eigenvalue weighted by Crippen LogP contribution is -1.99. The number of rotatable bonds is 4. The molecule has 2 aromatic rings. The van der Waals surface area contributed by atoms with Crippen molar-refractivity contribution >= 4 is 11.8 Å². The van der Waals surface area contributed by atoms with Gasteiger partial charge in [-0.2, -0.15) is 0 Å². The molecule has 0 aliphatic rings. The summed E-state index contributed by atoms with van der Waals surface area (Å²) in [4.78, 5) is 0. The zero-order valence-electron chi connectivity index (χ0n) is 9.44. The Hall–Kier alpha value is -2.09. The summed E-state index contributed by atoms with van der Waals surface area (Å²) >= 11 is 0. The van der Waals surface area contributed by atoms with E-state index >= 15 is 0 Å². The Balaban J connectivity index is 1.88.